The van der Waals surface area contributed by atoms with E-state index in [-0.39, 0.29) is 23.2 Å². The summed E-state index contributed by atoms with van der Waals surface area (Å²) in [5, 5.41) is 17.7. The summed E-state index contributed by atoms with van der Waals surface area (Å²) in [6.07, 6.45) is 3.29. The van der Waals surface area contributed by atoms with Crippen molar-refractivity contribution in [3.63, 3.8) is 0 Å². The van der Waals surface area contributed by atoms with Gasteiger partial charge in [-0.15, -0.1) is 0 Å². The second-order valence-corrected chi connectivity index (χ2v) is 5.42. The molecule has 0 atom stereocenters. The van der Waals surface area contributed by atoms with Gasteiger partial charge in [-0.2, -0.15) is 0 Å². The van der Waals surface area contributed by atoms with E-state index >= 15 is 0 Å². The van der Waals surface area contributed by atoms with Gasteiger partial charge in [0, 0.05) is 32.0 Å². The van der Waals surface area contributed by atoms with Gasteiger partial charge in [0.25, 0.3) is 0 Å². The number of hydrogen-bond acceptors (Lipinski definition) is 4. The van der Waals surface area contributed by atoms with Gasteiger partial charge in [-0.1, -0.05) is 5.16 Å². The number of carbonyl (C=O) groups excluding carboxylic acids is 1. The number of carbonyl (C=O) groups is 1. The third-order valence-electron chi connectivity index (χ3n) is 3.12. The molecule has 0 saturated heterocycles. The quantitative estimate of drug-likeness (QED) is 0.166. The Morgan fingerprint density at radius 3 is 2.67 bits per heavy atom. The SMILES string of the molecule is CC(C)NC(=O)CCNCC1(CC(N)=NO)CC1. The van der Waals surface area contributed by atoms with Crippen molar-refractivity contribution in [3.05, 3.63) is 0 Å². The average molecular weight is 256 g/mol. The summed E-state index contributed by atoms with van der Waals surface area (Å²) in [5.41, 5.74) is 5.66. The molecule has 18 heavy (non-hydrogen) atoms. The molecule has 0 aliphatic heterocycles. The van der Waals surface area contributed by atoms with E-state index in [1.807, 2.05) is 13.8 Å². The molecule has 1 fully saturated rings. The minimum atomic E-state index is 0.0683. The number of nitrogens with zero attached hydrogens (tertiary/aromatic N) is 1. The van der Waals surface area contributed by atoms with Crippen molar-refractivity contribution in [1.29, 1.82) is 0 Å². The van der Waals surface area contributed by atoms with Gasteiger partial charge < -0.3 is 21.6 Å². The number of nitrogens with two attached hydrogens (primary N) is 1. The van der Waals surface area contributed by atoms with Crippen LogP contribution in [-0.2, 0) is 4.79 Å². The van der Waals surface area contributed by atoms with Gasteiger partial charge in [0.05, 0.1) is 0 Å². The van der Waals surface area contributed by atoms with E-state index in [0.717, 1.165) is 19.4 Å². The predicted octanol–water partition coefficient (Wildman–Crippen LogP) is 0.407. The summed E-state index contributed by atoms with van der Waals surface area (Å²) in [7, 11) is 0. The Kier molecular flexibility index (Phi) is 5.40. The van der Waals surface area contributed by atoms with Crippen LogP contribution in [-0.4, -0.2) is 36.1 Å². The third-order valence-corrected chi connectivity index (χ3v) is 3.12. The maximum atomic E-state index is 11.4. The van der Waals surface area contributed by atoms with E-state index in [2.05, 4.69) is 15.8 Å². The maximum Gasteiger partial charge on any atom is 0.221 e. The number of rotatable bonds is 8. The molecule has 0 aromatic rings. The molecule has 1 amide bonds. The van der Waals surface area contributed by atoms with E-state index in [1.165, 1.54) is 0 Å². The highest BCUT2D eigenvalue weighted by molar-refractivity contribution is 5.80. The molecule has 6 heteroatoms. The Bertz CT molecular complexity index is 311. The van der Waals surface area contributed by atoms with Crippen LogP contribution in [0.5, 0.6) is 0 Å². The molecule has 0 unspecified atom stereocenters. The van der Waals surface area contributed by atoms with Gasteiger partial charge in [-0.05, 0) is 32.1 Å². The van der Waals surface area contributed by atoms with Gasteiger partial charge >= 0.3 is 0 Å². The summed E-state index contributed by atoms with van der Waals surface area (Å²) in [5.74, 6) is 0.352. The second kappa shape index (κ2) is 6.58. The first-order valence-corrected chi connectivity index (χ1v) is 6.44. The van der Waals surface area contributed by atoms with Crippen LogP contribution in [0.2, 0.25) is 0 Å². The van der Waals surface area contributed by atoms with Crippen LogP contribution < -0.4 is 16.4 Å². The minimum absolute atomic E-state index is 0.0683. The minimum Gasteiger partial charge on any atom is -0.409 e. The van der Waals surface area contributed by atoms with E-state index < -0.39 is 0 Å². The lowest BCUT2D eigenvalue weighted by Gasteiger charge is -2.15. The molecule has 1 saturated carbocycles. The Labute approximate surface area is 108 Å². The summed E-state index contributed by atoms with van der Waals surface area (Å²) in [6.45, 7) is 5.37. The Morgan fingerprint density at radius 2 is 2.17 bits per heavy atom. The fourth-order valence-corrected chi connectivity index (χ4v) is 1.96. The highest BCUT2D eigenvalue weighted by atomic mass is 16.4. The lowest BCUT2D eigenvalue weighted by Crippen LogP contribution is -2.34. The average Bonchev–Trinajstić information content (AvgIpc) is 3.04. The second-order valence-electron chi connectivity index (χ2n) is 5.42. The number of hydrogen-bond donors (Lipinski definition) is 4. The van der Waals surface area contributed by atoms with Crippen molar-refractivity contribution in [2.24, 2.45) is 16.3 Å². The van der Waals surface area contributed by atoms with Crippen molar-refractivity contribution in [2.45, 2.75) is 45.6 Å². The molecular weight excluding hydrogens is 232 g/mol. The van der Waals surface area contributed by atoms with Crippen LogP contribution in [0, 0.1) is 5.41 Å². The van der Waals surface area contributed by atoms with Crippen molar-refractivity contribution >= 4 is 11.7 Å². The molecule has 6 nitrogen and oxygen atoms in total. The molecule has 0 aromatic heterocycles. The van der Waals surface area contributed by atoms with Crippen molar-refractivity contribution in [1.82, 2.24) is 10.6 Å². The molecule has 0 bridgehead atoms. The monoisotopic (exact) mass is 256 g/mol. The molecule has 1 aliphatic carbocycles. The molecule has 1 rings (SSSR count). The molecule has 5 N–H and O–H groups in total. The van der Waals surface area contributed by atoms with Crippen LogP contribution in [0.25, 0.3) is 0 Å². The van der Waals surface area contributed by atoms with Crippen molar-refractivity contribution in [2.75, 3.05) is 13.1 Å². The van der Waals surface area contributed by atoms with Crippen LogP contribution in [0.3, 0.4) is 0 Å². The van der Waals surface area contributed by atoms with Crippen LogP contribution in [0.1, 0.15) is 39.5 Å². The molecule has 104 valence electrons. The zero-order valence-corrected chi connectivity index (χ0v) is 11.2. The van der Waals surface area contributed by atoms with Crippen LogP contribution >= 0.6 is 0 Å². The molecule has 0 aromatic carbocycles. The van der Waals surface area contributed by atoms with Crippen LogP contribution in [0.15, 0.2) is 5.16 Å². The normalized spacial score (nSPS) is 17.8. The Balaban J connectivity index is 2.13. The van der Waals surface area contributed by atoms with Gasteiger partial charge in [0.1, 0.15) is 5.84 Å². The van der Waals surface area contributed by atoms with Gasteiger partial charge in [-0.3, -0.25) is 4.79 Å². The Hall–Kier alpha value is -1.30. The highest BCUT2D eigenvalue weighted by Crippen LogP contribution is 2.48. The van der Waals surface area contributed by atoms with E-state index in [1.54, 1.807) is 0 Å². The first-order chi connectivity index (χ1) is 8.47. The van der Waals surface area contributed by atoms with Crippen molar-refractivity contribution < 1.29 is 10.0 Å². The third kappa shape index (κ3) is 5.35. The number of amidine groups is 1. The number of nitrogens with one attached hydrogen (secondary N) is 2. The zero-order valence-electron chi connectivity index (χ0n) is 11.2. The van der Waals surface area contributed by atoms with Crippen LogP contribution in [0.4, 0.5) is 0 Å². The molecule has 0 radical (unpaired) electrons. The summed E-state index contributed by atoms with van der Waals surface area (Å²) < 4.78 is 0. The standard InChI is InChI=1S/C12H24N4O2/c1-9(2)15-11(17)3-6-14-8-12(4-5-12)7-10(13)16-18/h9,14,18H,3-8H2,1-2H3,(H2,13,16)(H,15,17). The summed E-state index contributed by atoms with van der Waals surface area (Å²) in [6, 6.07) is 0.188. The predicted molar refractivity (Wildman–Crippen MR) is 70.5 cm³/mol. The lowest BCUT2D eigenvalue weighted by molar-refractivity contribution is -0.121. The van der Waals surface area contributed by atoms with E-state index in [0.29, 0.717) is 19.4 Å². The number of amides is 1. The molecule has 0 spiro atoms. The smallest absolute Gasteiger partial charge is 0.221 e. The van der Waals surface area contributed by atoms with Gasteiger partial charge in [0.2, 0.25) is 5.91 Å². The topological polar surface area (TPSA) is 99.7 Å². The summed E-state index contributed by atoms with van der Waals surface area (Å²) >= 11 is 0. The Morgan fingerprint density at radius 1 is 1.50 bits per heavy atom. The van der Waals surface area contributed by atoms with E-state index in [4.69, 9.17) is 10.9 Å². The fourth-order valence-electron chi connectivity index (χ4n) is 1.96. The number of oxime groups is 1. The van der Waals surface area contributed by atoms with Gasteiger partial charge in [-0.25, -0.2) is 0 Å². The maximum absolute atomic E-state index is 11.4. The fraction of sp³-hybridized carbons (Fsp3) is 0.833. The van der Waals surface area contributed by atoms with E-state index in [9.17, 15) is 4.79 Å². The molecule has 1 aliphatic rings. The largest absolute Gasteiger partial charge is 0.409 e. The first kappa shape index (κ1) is 14.8. The van der Waals surface area contributed by atoms with Gasteiger partial charge in [0.15, 0.2) is 0 Å². The highest BCUT2D eigenvalue weighted by Gasteiger charge is 2.42. The first-order valence-electron chi connectivity index (χ1n) is 6.44. The van der Waals surface area contributed by atoms with Crippen molar-refractivity contribution in [3.8, 4) is 0 Å². The lowest BCUT2D eigenvalue weighted by atomic mass is 10.0. The molecular formula is C12H24N4O2. The molecule has 0 heterocycles. The zero-order chi connectivity index (χ0) is 13.6. The summed E-state index contributed by atoms with van der Waals surface area (Å²) in [4.78, 5) is 11.4.